The Bertz CT molecular complexity index is 770. The fraction of sp³-hybridized carbons (Fsp3) is 0.474. The summed E-state index contributed by atoms with van der Waals surface area (Å²) < 4.78 is 37.9. The van der Waals surface area contributed by atoms with Crippen LogP contribution in [-0.2, 0) is 11.0 Å². The summed E-state index contributed by atoms with van der Waals surface area (Å²) in [5, 5.41) is 9.51. The second-order valence-electron chi connectivity index (χ2n) is 6.92. The van der Waals surface area contributed by atoms with Crippen molar-refractivity contribution in [2.24, 2.45) is 0 Å². The maximum Gasteiger partial charge on any atom is 0.416 e. The highest BCUT2D eigenvalue weighted by Crippen LogP contribution is 2.31. The lowest BCUT2D eigenvalue weighted by molar-refractivity contribution is -0.137. The number of halogens is 3. The molecule has 1 fully saturated rings. The van der Waals surface area contributed by atoms with Gasteiger partial charge in [-0.3, -0.25) is 9.89 Å². The SMILES string of the molecule is C[C@H]1CCCN1CCCC(=O)Nc1cc(-c2ccc(C(F)(F)F)cc2)n[nH]1. The summed E-state index contributed by atoms with van der Waals surface area (Å²) in [6.45, 7) is 4.22. The van der Waals surface area contributed by atoms with Gasteiger partial charge in [0.1, 0.15) is 5.82 Å². The maximum atomic E-state index is 12.6. The van der Waals surface area contributed by atoms with E-state index in [0.717, 1.165) is 31.6 Å². The van der Waals surface area contributed by atoms with Crippen LogP contribution in [0.1, 0.15) is 38.2 Å². The molecule has 5 nitrogen and oxygen atoms in total. The summed E-state index contributed by atoms with van der Waals surface area (Å²) in [6.07, 6.45) is -0.731. The van der Waals surface area contributed by atoms with Crippen LogP contribution in [0.3, 0.4) is 0 Å². The van der Waals surface area contributed by atoms with Gasteiger partial charge in [-0.1, -0.05) is 12.1 Å². The van der Waals surface area contributed by atoms with Crippen LogP contribution in [0.15, 0.2) is 30.3 Å². The van der Waals surface area contributed by atoms with Crippen LogP contribution < -0.4 is 5.32 Å². The van der Waals surface area contributed by atoms with Crippen LogP contribution in [0.25, 0.3) is 11.3 Å². The minimum absolute atomic E-state index is 0.107. The molecule has 0 aliphatic carbocycles. The van der Waals surface area contributed by atoms with E-state index < -0.39 is 11.7 Å². The highest BCUT2D eigenvalue weighted by Gasteiger charge is 2.30. The summed E-state index contributed by atoms with van der Waals surface area (Å²) in [5.74, 6) is 0.328. The lowest BCUT2D eigenvalue weighted by Gasteiger charge is -2.20. The number of hydrogen-bond donors (Lipinski definition) is 2. The molecule has 1 aliphatic rings. The van der Waals surface area contributed by atoms with Gasteiger partial charge >= 0.3 is 6.18 Å². The number of nitrogens with zero attached hydrogens (tertiary/aromatic N) is 2. The zero-order valence-corrected chi connectivity index (χ0v) is 15.1. The van der Waals surface area contributed by atoms with E-state index in [-0.39, 0.29) is 5.91 Å². The average Bonchev–Trinajstić information content (AvgIpc) is 3.24. The number of aromatic nitrogens is 2. The second-order valence-corrected chi connectivity index (χ2v) is 6.92. The summed E-state index contributed by atoms with van der Waals surface area (Å²) in [7, 11) is 0. The van der Waals surface area contributed by atoms with Gasteiger partial charge in [0, 0.05) is 24.1 Å². The summed E-state index contributed by atoms with van der Waals surface area (Å²) in [4.78, 5) is 14.5. The van der Waals surface area contributed by atoms with Crippen molar-refractivity contribution < 1.29 is 18.0 Å². The number of amides is 1. The van der Waals surface area contributed by atoms with Crippen molar-refractivity contribution in [2.45, 2.75) is 44.8 Å². The Hall–Kier alpha value is -2.35. The van der Waals surface area contributed by atoms with Gasteiger partial charge in [-0.05, 0) is 51.4 Å². The normalized spacial score (nSPS) is 18.0. The number of carbonyl (C=O) groups is 1. The molecule has 1 aliphatic heterocycles. The third-order valence-electron chi connectivity index (χ3n) is 4.90. The Morgan fingerprint density at radius 3 is 2.70 bits per heavy atom. The molecular formula is C19H23F3N4O. The zero-order chi connectivity index (χ0) is 19.4. The maximum absolute atomic E-state index is 12.6. The first-order chi connectivity index (χ1) is 12.8. The van der Waals surface area contributed by atoms with E-state index in [2.05, 4.69) is 27.3 Å². The number of H-pyrrole nitrogens is 1. The van der Waals surface area contributed by atoms with Gasteiger partial charge in [0.2, 0.25) is 5.91 Å². The molecule has 1 aromatic carbocycles. The van der Waals surface area contributed by atoms with Crippen molar-refractivity contribution in [3.8, 4) is 11.3 Å². The van der Waals surface area contributed by atoms with Gasteiger partial charge in [-0.2, -0.15) is 18.3 Å². The van der Waals surface area contributed by atoms with Crippen molar-refractivity contribution in [1.29, 1.82) is 0 Å². The largest absolute Gasteiger partial charge is 0.416 e. The number of hydrogen-bond acceptors (Lipinski definition) is 3. The van der Waals surface area contributed by atoms with E-state index in [1.807, 2.05) is 0 Å². The molecule has 0 bridgehead atoms. The third-order valence-corrected chi connectivity index (χ3v) is 4.90. The monoisotopic (exact) mass is 380 g/mol. The standard InChI is InChI=1S/C19H23F3N4O/c1-13-4-2-10-26(13)11-3-5-18(27)23-17-12-16(24-25-17)14-6-8-15(9-7-14)19(20,21)22/h6-9,12-13H,2-5,10-11H2,1H3,(H2,23,24,25,27)/t13-/m0/s1. The number of likely N-dealkylation sites (tertiary alicyclic amines) is 1. The topological polar surface area (TPSA) is 61.0 Å². The molecule has 1 aromatic heterocycles. The van der Waals surface area contributed by atoms with Crippen LogP contribution >= 0.6 is 0 Å². The number of carbonyl (C=O) groups excluding carboxylic acids is 1. The van der Waals surface area contributed by atoms with E-state index in [1.165, 1.54) is 25.0 Å². The van der Waals surface area contributed by atoms with Crippen molar-refractivity contribution in [3.05, 3.63) is 35.9 Å². The predicted octanol–water partition coefficient (Wildman–Crippen LogP) is 4.30. The molecule has 1 atom stereocenters. The molecule has 8 heteroatoms. The predicted molar refractivity (Wildman–Crippen MR) is 97.2 cm³/mol. The van der Waals surface area contributed by atoms with Crippen LogP contribution in [0.5, 0.6) is 0 Å². The molecule has 0 spiro atoms. The molecule has 0 radical (unpaired) electrons. The number of rotatable bonds is 6. The number of benzene rings is 1. The quantitative estimate of drug-likeness (QED) is 0.786. The second kappa shape index (κ2) is 8.12. The van der Waals surface area contributed by atoms with Crippen LogP contribution in [0.2, 0.25) is 0 Å². The van der Waals surface area contributed by atoms with Gasteiger partial charge in [-0.25, -0.2) is 0 Å². The number of aromatic amines is 1. The smallest absolute Gasteiger partial charge is 0.311 e. The van der Waals surface area contributed by atoms with Crippen molar-refractivity contribution in [2.75, 3.05) is 18.4 Å². The Morgan fingerprint density at radius 2 is 2.07 bits per heavy atom. The van der Waals surface area contributed by atoms with Crippen LogP contribution in [0.4, 0.5) is 19.0 Å². The highest BCUT2D eigenvalue weighted by molar-refractivity contribution is 5.90. The van der Waals surface area contributed by atoms with Crippen LogP contribution in [-0.4, -0.2) is 40.1 Å². The molecule has 0 saturated carbocycles. The third kappa shape index (κ3) is 5.09. The van der Waals surface area contributed by atoms with Gasteiger partial charge in [0.05, 0.1) is 11.3 Å². The Labute approximate surface area is 155 Å². The molecule has 2 N–H and O–H groups in total. The Balaban J connectivity index is 1.50. The van der Waals surface area contributed by atoms with E-state index in [9.17, 15) is 18.0 Å². The van der Waals surface area contributed by atoms with E-state index in [0.29, 0.717) is 29.5 Å². The molecule has 3 rings (SSSR count). The van der Waals surface area contributed by atoms with E-state index in [4.69, 9.17) is 0 Å². The minimum atomic E-state index is -4.36. The lowest BCUT2D eigenvalue weighted by Crippen LogP contribution is -2.28. The molecule has 146 valence electrons. The van der Waals surface area contributed by atoms with Crippen molar-refractivity contribution in [3.63, 3.8) is 0 Å². The fourth-order valence-electron chi connectivity index (χ4n) is 3.34. The first-order valence-corrected chi connectivity index (χ1v) is 9.10. The molecular weight excluding hydrogens is 357 g/mol. The molecule has 2 heterocycles. The number of nitrogens with one attached hydrogen (secondary N) is 2. The highest BCUT2D eigenvalue weighted by atomic mass is 19.4. The Kier molecular flexibility index (Phi) is 5.84. The number of anilines is 1. The van der Waals surface area contributed by atoms with Gasteiger partial charge in [-0.15, -0.1) is 0 Å². The Morgan fingerprint density at radius 1 is 1.33 bits per heavy atom. The molecule has 1 saturated heterocycles. The van der Waals surface area contributed by atoms with Gasteiger partial charge < -0.3 is 10.2 Å². The summed E-state index contributed by atoms with van der Waals surface area (Å²) in [6, 6.07) is 6.96. The first kappa shape index (κ1) is 19.4. The van der Waals surface area contributed by atoms with E-state index in [1.54, 1.807) is 6.07 Å². The minimum Gasteiger partial charge on any atom is -0.311 e. The molecule has 27 heavy (non-hydrogen) atoms. The molecule has 0 unspecified atom stereocenters. The van der Waals surface area contributed by atoms with Crippen LogP contribution in [0, 0.1) is 0 Å². The van der Waals surface area contributed by atoms with Crippen molar-refractivity contribution in [1.82, 2.24) is 15.1 Å². The summed E-state index contributed by atoms with van der Waals surface area (Å²) in [5.41, 5.74) is 0.315. The van der Waals surface area contributed by atoms with Crippen molar-refractivity contribution >= 4 is 11.7 Å². The lowest BCUT2D eigenvalue weighted by atomic mass is 10.1. The molecule has 1 amide bonds. The summed E-state index contributed by atoms with van der Waals surface area (Å²) >= 11 is 0. The van der Waals surface area contributed by atoms with Gasteiger partial charge in [0.25, 0.3) is 0 Å². The fourth-order valence-corrected chi connectivity index (χ4v) is 3.34. The number of alkyl halides is 3. The molecule has 2 aromatic rings. The van der Waals surface area contributed by atoms with Gasteiger partial charge in [0.15, 0.2) is 0 Å². The first-order valence-electron chi connectivity index (χ1n) is 9.10. The zero-order valence-electron chi connectivity index (χ0n) is 15.1. The average molecular weight is 380 g/mol. The van der Waals surface area contributed by atoms with E-state index >= 15 is 0 Å².